The third-order valence-electron chi connectivity index (χ3n) is 22.3. The number of piperazine rings is 1. The fourth-order valence-corrected chi connectivity index (χ4v) is 14.5. The van der Waals surface area contributed by atoms with Gasteiger partial charge in [0, 0.05) is 127 Å². The van der Waals surface area contributed by atoms with Gasteiger partial charge in [0.1, 0.15) is 25.5 Å². The van der Waals surface area contributed by atoms with Crippen molar-refractivity contribution in [3.63, 3.8) is 0 Å². The lowest BCUT2D eigenvalue weighted by molar-refractivity contribution is -0.137. The average Bonchev–Trinajstić information content (AvgIpc) is 1.65. The average molecular weight is 2020 g/mol. The number of alkyl halides is 3. The minimum Gasteiger partial charge on any atom is -0.463 e. The molecule has 12 aliphatic rings. The van der Waals surface area contributed by atoms with Crippen LogP contribution in [0.25, 0.3) is 0 Å². The Hall–Kier alpha value is -7.84. The Morgan fingerprint density at radius 1 is 0.468 bits per heavy atom. The number of nitrogens with one attached hydrogen (secondary N) is 4. The van der Waals surface area contributed by atoms with E-state index in [-0.39, 0.29) is 17.2 Å². The van der Waals surface area contributed by atoms with Crippen LogP contribution in [0.1, 0.15) is 237 Å². The number of likely N-dealkylation sites (tertiary alicyclic amines) is 2. The molecule has 1 unspecified atom stereocenters. The molecule has 27 nitrogen and oxygen atoms in total. The number of benzene rings is 4. The standard InChI is InChI=1S/C8H8O2.C7H5F3.C7H9NO2S.C7H13NO.C7H13N.C6H7NO2S.C6H11NO2.C6H13NO.C6H13N.C6H7N.C6H13N.C6H12.C5H12N2.C5H11N.C5H5N.C4H4N2.C3H6O.C3H6.C3H8.C2H7N.CH4/c9-7-10-6-8-4-2-1-3-5-8;8-7(9,10)6-4-2-1-3-5-6;1-6-2-4-7(5-3-6)11(8,9)10;1-8-5-2-3-7(8)4-6-9;1-2-7(3-4-7)6-8-5-1;7-10(8,9)6-4-2-1-3-5-6;8-4-1-7-2-5-9-6-3-7;1-2-7-3-5-8-6-4-7;1-7-5-3-2-4-6-7;1-6-4-2-3-5-7-6;7-6-4-2-1-3-5-6;1-2-4-6-5-3-1;1-7-4-2-6-3-5-7;2*1-2-4-6-5-3-1;1-2-5-4-6-3-1;1-2-4-3-1;1-2-3-1;2*1-3-2;/h1-5,7H,6H2;1-5H;2-5H,1H3,(H2,8,9,10);6-7H,2-5H2,1H3;8H,1-6H2;1-5H,(H2,7,8,9);4H,1-3,5-6H2;2-6H2,1H3;2-6H2,1H3;2-5H,1H3;6H,1-5,7H2;1-6H2;6H,2-5H2,1H3;6H,1-5H2;1-5H;1-4H;1-3H2;1-3H2;3H2,1-2H3;3H,1-2H3;1H4. The lowest BCUT2D eigenvalue weighted by Crippen LogP contribution is -2.40. The quantitative estimate of drug-likeness (QED) is 0.0625. The van der Waals surface area contributed by atoms with Gasteiger partial charge < -0.3 is 70.2 Å². The molecule has 1 atom stereocenters. The van der Waals surface area contributed by atoms with Crippen molar-refractivity contribution in [1.82, 2.24) is 65.7 Å². The number of rotatable bonds is 10. The van der Waals surface area contributed by atoms with Crippen LogP contribution in [0.5, 0.6) is 0 Å². The van der Waals surface area contributed by atoms with E-state index in [9.17, 15) is 44.4 Å². The number of hydrogen-bond donors (Lipinski definition) is 7. The van der Waals surface area contributed by atoms with Crippen LogP contribution in [0.2, 0.25) is 0 Å². The Labute approximate surface area is 851 Å². The van der Waals surface area contributed by atoms with E-state index in [2.05, 4.69) is 112 Å². The van der Waals surface area contributed by atoms with Gasteiger partial charge in [-0.15, -0.1) is 0 Å². The highest BCUT2D eigenvalue weighted by Gasteiger charge is 2.42. The minimum absolute atomic E-state index is 0. The number of aldehydes is 2. The second kappa shape index (κ2) is 94.4. The summed E-state index contributed by atoms with van der Waals surface area (Å²) in [6, 6.07) is 44.6. The monoisotopic (exact) mass is 2020 g/mol. The predicted molar refractivity (Wildman–Crippen MR) is 575 cm³/mol. The highest BCUT2D eigenvalue weighted by atomic mass is 32.2. The molecular formula is C109H187F3N16O11S2. The number of nitrogens with two attached hydrogens (primary N) is 3. The summed E-state index contributed by atoms with van der Waals surface area (Å²) < 4.78 is 97.5. The zero-order valence-corrected chi connectivity index (χ0v) is 88.7. The highest BCUT2D eigenvalue weighted by Crippen LogP contribution is 2.50. The minimum atomic E-state index is -4.21. The lowest BCUT2D eigenvalue weighted by atomic mass is 9.97. The lowest BCUT2D eigenvalue weighted by Gasteiger charge is -2.24. The van der Waals surface area contributed by atoms with Crippen molar-refractivity contribution in [2.75, 3.05) is 186 Å². The number of hydrogen-bond acceptors (Lipinski definition) is 25. The van der Waals surface area contributed by atoms with Crippen LogP contribution in [0.4, 0.5) is 13.2 Å². The molecule has 8 saturated heterocycles. The molecule has 4 aliphatic carbocycles. The molecule has 10 N–H and O–H groups in total. The van der Waals surface area contributed by atoms with Crippen molar-refractivity contribution in [3.05, 3.63) is 217 Å². The van der Waals surface area contributed by atoms with E-state index in [4.69, 9.17) is 30.2 Å². The molecule has 0 amide bonds. The van der Waals surface area contributed by atoms with E-state index in [0.717, 1.165) is 132 Å². The third-order valence-corrected chi connectivity index (χ3v) is 24.2. The zero-order chi connectivity index (χ0) is 103. The van der Waals surface area contributed by atoms with Gasteiger partial charge in [-0.3, -0.25) is 24.6 Å². The first-order valence-corrected chi connectivity index (χ1v) is 54.2. The summed E-state index contributed by atoms with van der Waals surface area (Å²) in [4.78, 5) is 56.7. The number of pyridine rings is 2. The molecule has 3 aromatic heterocycles. The van der Waals surface area contributed by atoms with Crippen molar-refractivity contribution in [2.24, 2.45) is 21.4 Å². The molecule has 0 radical (unpaired) electrons. The number of carbonyl (C=O) groups excluding carboxylic acids is 3. The Morgan fingerprint density at radius 3 is 1.17 bits per heavy atom. The number of halogens is 3. The van der Waals surface area contributed by atoms with E-state index in [0.29, 0.717) is 31.7 Å². The highest BCUT2D eigenvalue weighted by molar-refractivity contribution is 7.89. The molecule has 1 spiro atoms. The fourth-order valence-electron chi connectivity index (χ4n) is 13.5. The largest absolute Gasteiger partial charge is 0.463 e. The SMILES string of the molecule is C.C1CC1.C1CCCCC1.C1CCNCC1.C1CNCC2(C1)CC2.C1COC1.CCC.CCN1CCOCC1.CN1CCCC1CC=O.CN1CCCCC1.CN1CCNCC1.CNC.Cc1ccc(S(N)(=O)=O)cc1.Cc1ccccn1.FC(F)(F)c1ccccc1.NC1CCCCC1.NS(=O)(=O)c1ccccc1.O=CCN1CCOCC1.O=COCc1ccccc1.c1ccncc1.c1cncnc1. The normalized spacial score (nSPS) is 17.9. The second-order valence-corrected chi connectivity index (χ2v) is 38.6. The Morgan fingerprint density at radius 2 is 0.894 bits per heavy atom. The summed E-state index contributed by atoms with van der Waals surface area (Å²) in [5.74, 6) is 0. The maximum Gasteiger partial charge on any atom is 0.416 e. The number of ether oxygens (including phenoxy) is 4. The molecule has 11 heterocycles. The number of morpholine rings is 2. The Bertz CT molecular complexity index is 3860. The first-order chi connectivity index (χ1) is 67.7. The summed E-state index contributed by atoms with van der Waals surface area (Å²) in [7, 11) is 3.16. The molecule has 4 aromatic carbocycles. The van der Waals surface area contributed by atoms with Gasteiger partial charge in [-0.1, -0.05) is 233 Å². The summed E-state index contributed by atoms with van der Waals surface area (Å²) in [5, 5.41) is 22.5. The topological polar surface area (TPSA) is 350 Å². The number of likely N-dealkylation sites (N-methyl/N-ethyl adjacent to an activating group) is 2. The molecule has 4 saturated carbocycles. The van der Waals surface area contributed by atoms with E-state index in [1.165, 1.54) is 288 Å². The number of aromatic nitrogens is 4. The molecule has 19 rings (SSSR count). The second-order valence-electron chi connectivity index (χ2n) is 35.4. The Balaban J connectivity index is 0. The number of primary sulfonamides is 2. The van der Waals surface area contributed by atoms with Gasteiger partial charge in [0.05, 0.1) is 48.3 Å². The zero-order valence-electron chi connectivity index (χ0n) is 87.0. The Kier molecular flexibility index (Phi) is 90.6. The van der Waals surface area contributed by atoms with Gasteiger partial charge in [0.15, 0.2) is 0 Å². The number of piperidine rings is 3. The van der Waals surface area contributed by atoms with Crippen LogP contribution in [0.15, 0.2) is 205 Å². The molecule has 32 heteroatoms. The number of nitrogens with zero attached hydrogens (tertiary/aromatic N) is 9. The van der Waals surface area contributed by atoms with Gasteiger partial charge in [-0.05, 0) is 244 Å². The van der Waals surface area contributed by atoms with Crippen molar-refractivity contribution < 1.29 is 63.3 Å². The predicted octanol–water partition coefficient (Wildman–Crippen LogP) is 18.1. The van der Waals surface area contributed by atoms with Crippen LogP contribution in [0.3, 0.4) is 0 Å². The van der Waals surface area contributed by atoms with Gasteiger partial charge in [0.25, 0.3) is 6.47 Å². The molecule has 802 valence electrons. The molecule has 0 bridgehead atoms. The van der Waals surface area contributed by atoms with Crippen LogP contribution in [0, 0.1) is 19.3 Å². The van der Waals surface area contributed by atoms with E-state index in [1.807, 2.05) is 94.7 Å². The number of sulfonamides is 2. The third kappa shape index (κ3) is 89.5. The maximum atomic E-state index is 11.8. The van der Waals surface area contributed by atoms with Crippen LogP contribution in [-0.2, 0) is 66.2 Å². The number of aryl methyl sites for hydroxylation is 2. The first-order valence-electron chi connectivity index (χ1n) is 51.1. The van der Waals surface area contributed by atoms with Crippen molar-refractivity contribution >= 4 is 39.1 Å². The molecule has 141 heavy (non-hydrogen) atoms. The molecule has 8 aliphatic heterocycles. The summed E-state index contributed by atoms with van der Waals surface area (Å²) in [5.41, 5.74) is 8.94. The molecule has 7 aromatic rings. The fraction of sp³-hybridized carbons (Fsp3) is 0.624. The van der Waals surface area contributed by atoms with E-state index < -0.39 is 31.8 Å². The van der Waals surface area contributed by atoms with Gasteiger partial charge in [-0.25, -0.2) is 37.1 Å². The van der Waals surface area contributed by atoms with E-state index in [1.54, 1.807) is 73.4 Å². The van der Waals surface area contributed by atoms with Crippen molar-refractivity contribution in [3.8, 4) is 0 Å². The summed E-state index contributed by atoms with van der Waals surface area (Å²) in [6.45, 7) is 35.9. The van der Waals surface area contributed by atoms with Gasteiger partial charge in [-0.2, -0.15) is 13.2 Å². The van der Waals surface area contributed by atoms with Gasteiger partial charge in [0.2, 0.25) is 20.0 Å². The van der Waals surface area contributed by atoms with Crippen molar-refractivity contribution in [1.29, 1.82) is 0 Å². The van der Waals surface area contributed by atoms with Crippen LogP contribution < -0.4 is 37.3 Å². The van der Waals surface area contributed by atoms with Crippen molar-refractivity contribution in [2.45, 2.75) is 263 Å². The first kappa shape index (κ1) is 135. The van der Waals surface area contributed by atoms with E-state index >= 15 is 0 Å². The van der Waals surface area contributed by atoms with Crippen LogP contribution >= 0.6 is 0 Å². The number of carbonyl (C=O) groups is 3. The van der Waals surface area contributed by atoms with Crippen LogP contribution in [-0.4, -0.2) is 279 Å². The summed E-state index contributed by atoms with van der Waals surface area (Å²) in [6.07, 6.45) is 48.2. The maximum absolute atomic E-state index is 11.8. The van der Waals surface area contributed by atoms with Gasteiger partial charge >= 0.3 is 6.18 Å². The molecular weight excluding hydrogens is 1830 g/mol. The molecule has 12 fully saturated rings. The smallest absolute Gasteiger partial charge is 0.416 e. The summed E-state index contributed by atoms with van der Waals surface area (Å²) >= 11 is 0.